The second-order valence-electron chi connectivity index (χ2n) is 13.7. The Morgan fingerprint density at radius 1 is 0.510 bits per heavy atom. The number of para-hydroxylation sites is 1. The van der Waals surface area contributed by atoms with E-state index in [4.69, 9.17) is 19.4 Å². The Balaban J connectivity index is 1.11. The molecule has 0 fully saturated rings. The van der Waals surface area contributed by atoms with Gasteiger partial charge in [-0.25, -0.2) is 15.0 Å². The zero-order valence-corrected chi connectivity index (χ0v) is 28.2. The van der Waals surface area contributed by atoms with Crippen LogP contribution in [-0.4, -0.2) is 19.5 Å². The van der Waals surface area contributed by atoms with Gasteiger partial charge in [0.1, 0.15) is 11.3 Å². The van der Waals surface area contributed by atoms with Crippen LogP contribution in [0, 0.1) is 0 Å². The summed E-state index contributed by atoms with van der Waals surface area (Å²) in [5.41, 5.74) is 12.8. The summed E-state index contributed by atoms with van der Waals surface area (Å²) in [5.74, 6) is 2.96. The lowest BCUT2D eigenvalue weighted by Gasteiger charge is -2.18. The molecule has 0 aliphatic heterocycles. The molecule has 0 saturated heterocycles. The predicted molar refractivity (Wildman–Crippen MR) is 206 cm³/mol. The van der Waals surface area contributed by atoms with Crippen molar-refractivity contribution >= 4 is 22.0 Å². The van der Waals surface area contributed by atoms with Crippen molar-refractivity contribution in [1.82, 2.24) is 19.5 Å². The normalized spacial score (nSPS) is 13.1. The molecule has 0 spiro atoms. The first-order valence-electron chi connectivity index (χ1n) is 17.3. The summed E-state index contributed by atoms with van der Waals surface area (Å²) in [4.78, 5) is 14.7. The predicted octanol–water partition coefficient (Wildman–Crippen LogP) is 11.5. The topological polar surface area (TPSA) is 56.7 Å². The molecule has 242 valence electrons. The van der Waals surface area contributed by atoms with Crippen molar-refractivity contribution in [3.63, 3.8) is 0 Å². The van der Waals surface area contributed by atoms with Crippen LogP contribution < -0.4 is 0 Å². The highest BCUT2D eigenvalue weighted by Crippen LogP contribution is 2.55. The Morgan fingerprint density at radius 2 is 1.02 bits per heavy atom. The number of nitrogens with zero attached hydrogens (tertiary/aromatic N) is 4. The minimum atomic E-state index is -0.234. The average Bonchev–Trinajstić information content (AvgIpc) is 3.81. The molecule has 0 N–H and O–H groups in total. The van der Waals surface area contributed by atoms with Crippen LogP contribution in [0.4, 0.5) is 0 Å². The molecule has 0 atom stereocenters. The van der Waals surface area contributed by atoms with Crippen molar-refractivity contribution in [2.45, 2.75) is 19.3 Å². The average molecular weight is 657 g/mol. The smallest absolute Gasteiger partial charge is 0.164 e. The molecule has 0 unspecified atom stereocenters. The first-order valence-corrected chi connectivity index (χ1v) is 17.3. The van der Waals surface area contributed by atoms with Crippen molar-refractivity contribution < 1.29 is 4.42 Å². The van der Waals surface area contributed by atoms with Crippen LogP contribution in [0.25, 0.3) is 84.1 Å². The van der Waals surface area contributed by atoms with Gasteiger partial charge in [-0.15, -0.1) is 0 Å². The molecule has 3 aromatic heterocycles. The van der Waals surface area contributed by atoms with Crippen LogP contribution in [-0.2, 0) is 5.41 Å². The third-order valence-electron chi connectivity index (χ3n) is 10.2. The standard InChI is InChI=1S/C46H32N4O/c1-46(2)37-21-13-12-20-35(37)39-40-41(51-42(39)46)36-28-33(26-27-38(36)50(40)34-18-10-5-11-19-34)29-22-24-32(25-23-29)45-48-43(30-14-6-3-7-15-30)47-44(49-45)31-16-8-4-9-17-31/h3-28H,1-2H3. The third-order valence-corrected chi connectivity index (χ3v) is 10.2. The summed E-state index contributed by atoms with van der Waals surface area (Å²) >= 11 is 0. The van der Waals surface area contributed by atoms with E-state index in [1.54, 1.807) is 0 Å². The van der Waals surface area contributed by atoms with Crippen molar-refractivity contribution in [2.24, 2.45) is 0 Å². The lowest BCUT2D eigenvalue weighted by atomic mass is 9.86. The van der Waals surface area contributed by atoms with E-state index in [0.29, 0.717) is 17.5 Å². The van der Waals surface area contributed by atoms with Gasteiger partial charge in [0.05, 0.1) is 5.52 Å². The van der Waals surface area contributed by atoms with Crippen molar-refractivity contribution in [1.29, 1.82) is 0 Å². The van der Waals surface area contributed by atoms with Gasteiger partial charge in [-0.3, -0.25) is 0 Å². The fraction of sp³-hybridized carbons (Fsp3) is 0.0652. The van der Waals surface area contributed by atoms with E-state index in [0.717, 1.165) is 61.3 Å². The van der Waals surface area contributed by atoms with Gasteiger partial charge in [0.25, 0.3) is 0 Å². The molecule has 5 nitrogen and oxygen atoms in total. The highest BCUT2D eigenvalue weighted by Gasteiger charge is 2.42. The van der Waals surface area contributed by atoms with Gasteiger partial charge < -0.3 is 8.98 Å². The van der Waals surface area contributed by atoms with Crippen LogP contribution in [0.3, 0.4) is 0 Å². The molecule has 0 radical (unpaired) electrons. The Labute approximate surface area is 295 Å². The molecule has 0 saturated carbocycles. The van der Waals surface area contributed by atoms with E-state index in [9.17, 15) is 0 Å². The molecule has 51 heavy (non-hydrogen) atoms. The molecular weight excluding hydrogens is 625 g/mol. The Hall–Kier alpha value is -6.59. The molecular formula is C46H32N4O. The number of rotatable bonds is 5. The number of hydrogen-bond donors (Lipinski definition) is 0. The lowest BCUT2D eigenvalue weighted by molar-refractivity contribution is 0.466. The number of benzene rings is 6. The van der Waals surface area contributed by atoms with Crippen LogP contribution in [0.2, 0.25) is 0 Å². The molecule has 9 aromatic rings. The summed E-state index contributed by atoms with van der Waals surface area (Å²) in [6.07, 6.45) is 0. The van der Waals surface area contributed by atoms with E-state index in [1.807, 2.05) is 60.7 Å². The maximum atomic E-state index is 6.94. The van der Waals surface area contributed by atoms with Gasteiger partial charge in [0.2, 0.25) is 0 Å². The summed E-state index contributed by atoms with van der Waals surface area (Å²) in [7, 11) is 0. The SMILES string of the molecule is CC1(C)c2ccccc2-c2c1oc1c3cc(-c4ccc(-c5nc(-c6ccccc6)nc(-c6ccccc6)n5)cc4)ccc3n(-c3ccccc3)c21. The Kier molecular flexibility index (Phi) is 6.46. The first kappa shape index (κ1) is 29.3. The van der Waals surface area contributed by atoms with Crippen molar-refractivity contribution in [3.05, 3.63) is 169 Å². The largest absolute Gasteiger partial charge is 0.457 e. The maximum Gasteiger partial charge on any atom is 0.164 e. The summed E-state index contributed by atoms with van der Waals surface area (Å²) in [6, 6.07) is 54.7. The van der Waals surface area contributed by atoms with E-state index in [-0.39, 0.29) is 5.41 Å². The van der Waals surface area contributed by atoms with E-state index >= 15 is 0 Å². The summed E-state index contributed by atoms with van der Waals surface area (Å²) in [6.45, 7) is 4.53. The number of aromatic nitrogens is 4. The molecule has 3 heterocycles. The monoisotopic (exact) mass is 656 g/mol. The lowest BCUT2D eigenvalue weighted by Crippen LogP contribution is -2.14. The highest BCUT2D eigenvalue weighted by molar-refractivity contribution is 6.14. The number of hydrogen-bond acceptors (Lipinski definition) is 4. The van der Waals surface area contributed by atoms with Crippen LogP contribution >= 0.6 is 0 Å². The molecule has 10 rings (SSSR count). The van der Waals surface area contributed by atoms with Crippen molar-refractivity contribution in [3.8, 4) is 62.1 Å². The molecule has 6 aromatic carbocycles. The van der Waals surface area contributed by atoms with Crippen molar-refractivity contribution in [2.75, 3.05) is 0 Å². The van der Waals surface area contributed by atoms with Gasteiger partial charge in [-0.2, -0.15) is 0 Å². The molecule has 0 amide bonds. The quantitative estimate of drug-likeness (QED) is 0.185. The second-order valence-corrected chi connectivity index (χ2v) is 13.7. The maximum absolute atomic E-state index is 6.94. The zero-order chi connectivity index (χ0) is 34.1. The highest BCUT2D eigenvalue weighted by atomic mass is 16.3. The van der Waals surface area contributed by atoms with E-state index in [1.165, 1.54) is 16.7 Å². The van der Waals surface area contributed by atoms with Crippen LogP contribution in [0.15, 0.2) is 162 Å². The minimum absolute atomic E-state index is 0.234. The number of fused-ring (bicyclic) bond motifs is 7. The summed E-state index contributed by atoms with van der Waals surface area (Å²) in [5, 5.41) is 1.09. The zero-order valence-electron chi connectivity index (χ0n) is 28.2. The minimum Gasteiger partial charge on any atom is -0.457 e. The second kappa shape index (κ2) is 11.2. The number of furan rings is 1. The van der Waals surface area contributed by atoms with Gasteiger partial charge in [-0.05, 0) is 60.4 Å². The van der Waals surface area contributed by atoms with Gasteiger partial charge in [-0.1, -0.05) is 133 Å². The molecule has 5 heteroatoms. The first-order chi connectivity index (χ1) is 25.0. The Bertz CT molecular complexity index is 2690. The molecule has 1 aliphatic carbocycles. The Morgan fingerprint density at radius 3 is 1.65 bits per heavy atom. The molecule has 1 aliphatic rings. The van der Waals surface area contributed by atoms with E-state index < -0.39 is 0 Å². The third kappa shape index (κ3) is 4.59. The van der Waals surface area contributed by atoms with Gasteiger partial charge >= 0.3 is 0 Å². The summed E-state index contributed by atoms with van der Waals surface area (Å²) < 4.78 is 9.31. The van der Waals surface area contributed by atoms with Crippen LogP contribution in [0.1, 0.15) is 25.2 Å². The van der Waals surface area contributed by atoms with Gasteiger partial charge in [0, 0.05) is 38.7 Å². The molecule has 0 bridgehead atoms. The van der Waals surface area contributed by atoms with Crippen LogP contribution in [0.5, 0.6) is 0 Å². The van der Waals surface area contributed by atoms with Gasteiger partial charge in [0.15, 0.2) is 23.1 Å². The van der Waals surface area contributed by atoms with E-state index in [2.05, 4.69) is 115 Å². The fourth-order valence-corrected chi connectivity index (χ4v) is 7.68. The fourth-order valence-electron chi connectivity index (χ4n) is 7.68.